The molecule has 3 N–H and O–H groups in total. The summed E-state index contributed by atoms with van der Waals surface area (Å²) in [6.07, 6.45) is 0. The van der Waals surface area contributed by atoms with Crippen molar-refractivity contribution in [3.8, 4) is 0 Å². The minimum absolute atomic E-state index is 0.0336. The first-order valence-corrected chi connectivity index (χ1v) is 11.5. The molecule has 1 fully saturated rings. The lowest BCUT2D eigenvalue weighted by molar-refractivity contribution is -0.110. The van der Waals surface area contributed by atoms with Gasteiger partial charge in [0.1, 0.15) is 5.82 Å². The van der Waals surface area contributed by atoms with E-state index in [1.54, 1.807) is 13.0 Å². The van der Waals surface area contributed by atoms with Gasteiger partial charge in [-0.15, -0.1) is 0 Å². The molecular weight excluding hydrogens is 441 g/mol. The van der Waals surface area contributed by atoms with E-state index in [1.165, 1.54) is 0 Å². The lowest BCUT2D eigenvalue weighted by Crippen LogP contribution is -2.41. The van der Waals surface area contributed by atoms with Crippen molar-refractivity contribution >= 4 is 52.3 Å². The minimum atomic E-state index is -0.483. The number of nitrogens with two attached hydrogens (primary N) is 1. The third-order valence-electron chi connectivity index (χ3n) is 6.57. The first-order chi connectivity index (χ1) is 16.5. The molecule has 180 valence electrons. The first-order valence-electron chi connectivity index (χ1n) is 11.5. The van der Waals surface area contributed by atoms with E-state index in [0.717, 1.165) is 27.6 Å². The molecule has 2 aromatic carbocycles. The maximum absolute atomic E-state index is 12.9. The number of amides is 1. The number of para-hydroxylation sites is 1. The number of carbonyl (C=O) groups is 1. The molecule has 8 nitrogen and oxygen atoms in total. The predicted molar refractivity (Wildman–Crippen MR) is 142 cm³/mol. The average Bonchev–Trinajstić information content (AvgIpc) is 3.02. The molecule has 4 rings (SSSR count). The number of pyridine rings is 1. The second kappa shape index (κ2) is 9.24. The van der Waals surface area contributed by atoms with E-state index in [1.807, 2.05) is 83.1 Å². The number of aromatic nitrogens is 1. The highest BCUT2D eigenvalue weighted by atomic mass is 16.7. The van der Waals surface area contributed by atoms with E-state index < -0.39 is 24.2 Å². The van der Waals surface area contributed by atoms with Crippen LogP contribution in [0.25, 0.3) is 10.9 Å². The Labute approximate surface area is 205 Å². The fourth-order valence-electron chi connectivity index (χ4n) is 3.75. The van der Waals surface area contributed by atoms with Gasteiger partial charge in [-0.1, -0.05) is 30.3 Å². The number of hydrazone groups is 1. The lowest BCUT2D eigenvalue weighted by Gasteiger charge is -2.32. The molecule has 1 aliphatic heterocycles. The van der Waals surface area contributed by atoms with Gasteiger partial charge in [0.05, 0.1) is 28.1 Å². The molecule has 1 amide bonds. The summed E-state index contributed by atoms with van der Waals surface area (Å²) in [7, 11) is -0.456. The second-order valence-corrected chi connectivity index (χ2v) is 9.65. The summed E-state index contributed by atoms with van der Waals surface area (Å²) in [6, 6.07) is 17.0. The van der Waals surface area contributed by atoms with Crippen LogP contribution in [0.4, 0.5) is 11.5 Å². The van der Waals surface area contributed by atoms with Crippen LogP contribution in [-0.2, 0) is 14.1 Å². The van der Waals surface area contributed by atoms with Crippen molar-refractivity contribution in [2.45, 2.75) is 52.7 Å². The fraction of sp³-hybridized carbons (Fsp3) is 0.308. The largest absolute Gasteiger partial charge is 0.494 e. The number of nitrogens with one attached hydrogen (secondary N) is 1. The number of anilines is 1. The van der Waals surface area contributed by atoms with Gasteiger partial charge < -0.3 is 20.5 Å². The number of rotatable bonds is 5. The topological polar surface area (TPSA) is 111 Å². The fourth-order valence-corrected chi connectivity index (χ4v) is 3.75. The Bertz CT molecular complexity index is 1330. The van der Waals surface area contributed by atoms with Crippen molar-refractivity contribution in [3.63, 3.8) is 0 Å². The van der Waals surface area contributed by atoms with E-state index in [-0.39, 0.29) is 5.71 Å². The molecular formula is C26H30BN5O3. The number of nitrogens with zero attached hydrogens (tertiary/aromatic N) is 3. The van der Waals surface area contributed by atoms with Gasteiger partial charge in [0.2, 0.25) is 0 Å². The van der Waals surface area contributed by atoms with Crippen molar-refractivity contribution in [3.05, 3.63) is 60.2 Å². The van der Waals surface area contributed by atoms with Gasteiger partial charge in [-0.25, -0.2) is 4.98 Å². The normalized spacial score (nSPS) is 17.6. The molecule has 9 heteroatoms. The van der Waals surface area contributed by atoms with Crippen molar-refractivity contribution in [2.24, 2.45) is 15.9 Å². The zero-order chi connectivity index (χ0) is 25.4. The van der Waals surface area contributed by atoms with Crippen LogP contribution in [-0.4, -0.2) is 40.6 Å². The van der Waals surface area contributed by atoms with Crippen molar-refractivity contribution in [2.75, 3.05) is 5.32 Å². The highest BCUT2D eigenvalue weighted by Crippen LogP contribution is 2.36. The highest BCUT2D eigenvalue weighted by molar-refractivity contribution is 6.68. The SMILES string of the molecule is CC(=Nc1ccccc1C)C(=NN)C(=O)Nc1ccc2cc(B3OC(C)(C)C(C)(C)O3)ccc2n1. The predicted octanol–water partition coefficient (Wildman–Crippen LogP) is 3.89. The summed E-state index contributed by atoms with van der Waals surface area (Å²) in [6.45, 7) is 11.7. The van der Waals surface area contributed by atoms with Crippen LogP contribution in [0, 0.1) is 6.92 Å². The number of carbonyl (C=O) groups excluding carboxylic acids is 1. The molecule has 0 unspecified atom stereocenters. The quantitative estimate of drug-likeness (QED) is 0.254. The van der Waals surface area contributed by atoms with Gasteiger partial charge in [-0.2, -0.15) is 5.10 Å². The number of aryl methyl sites for hydroxylation is 1. The molecule has 0 saturated carbocycles. The minimum Gasteiger partial charge on any atom is -0.399 e. The second-order valence-electron chi connectivity index (χ2n) is 9.65. The molecule has 1 aliphatic rings. The third-order valence-corrected chi connectivity index (χ3v) is 6.57. The summed E-state index contributed by atoms with van der Waals surface area (Å²) in [5.74, 6) is 5.43. The Morgan fingerprint density at radius 2 is 1.71 bits per heavy atom. The monoisotopic (exact) mass is 471 g/mol. The highest BCUT2D eigenvalue weighted by Gasteiger charge is 2.51. The zero-order valence-corrected chi connectivity index (χ0v) is 20.9. The maximum Gasteiger partial charge on any atom is 0.494 e. The number of fused-ring (bicyclic) bond motifs is 1. The van der Waals surface area contributed by atoms with E-state index >= 15 is 0 Å². The van der Waals surface area contributed by atoms with Gasteiger partial charge in [0.25, 0.3) is 5.91 Å². The van der Waals surface area contributed by atoms with Crippen LogP contribution < -0.4 is 16.6 Å². The van der Waals surface area contributed by atoms with E-state index in [9.17, 15) is 4.79 Å². The summed E-state index contributed by atoms with van der Waals surface area (Å²) < 4.78 is 12.3. The Kier molecular flexibility index (Phi) is 6.49. The Hall–Kier alpha value is -3.56. The van der Waals surface area contributed by atoms with Crippen LogP contribution in [0.2, 0.25) is 0 Å². The van der Waals surface area contributed by atoms with Gasteiger partial charge in [0, 0.05) is 0 Å². The van der Waals surface area contributed by atoms with Gasteiger partial charge in [0.15, 0.2) is 5.71 Å². The average molecular weight is 471 g/mol. The summed E-state index contributed by atoms with van der Waals surface area (Å²) >= 11 is 0. The van der Waals surface area contributed by atoms with Gasteiger partial charge in [-0.05, 0) is 82.2 Å². The molecule has 0 aliphatic carbocycles. The molecule has 35 heavy (non-hydrogen) atoms. The van der Waals surface area contributed by atoms with Gasteiger partial charge >= 0.3 is 7.12 Å². The summed E-state index contributed by atoms with van der Waals surface area (Å²) in [4.78, 5) is 21.9. The third kappa shape index (κ3) is 4.96. The van der Waals surface area contributed by atoms with Crippen LogP contribution in [0.5, 0.6) is 0 Å². The van der Waals surface area contributed by atoms with E-state index in [0.29, 0.717) is 11.5 Å². The summed E-state index contributed by atoms with van der Waals surface area (Å²) in [5.41, 5.74) is 2.98. The van der Waals surface area contributed by atoms with Crippen LogP contribution >= 0.6 is 0 Å². The molecule has 2 heterocycles. The Morgan fingerprint density at radius 1 is 1.03 bits per heavy atom. The molecule has 0 bridgehead atoms. The number of hydrogen-bond donors (Lipinski definition) is 2. The van der Waals surface area contributed by atoms with Crippen molar-refractivity contribution < 1.29 is 14.1 Å². The smallest absolute Gasteiger partial charge is 0.399 e. The molecule has 0 radical (unpaired) electrons. The molecule has 1 saturated heterocycles. The standard InChI is InChI=1S/C26H30BN5O3/c1-16-9-7-8-10-20(16)29-17(2)23(32-28)24(33)31-22-14-11-18-15-19(12-13-21(18)30-22)27-34-25(3,4)26(5,6)35-27/h7-15H,28H2,1-6H3,(H,30,31,33). The van der Waals surface area contributed by atoms with E-state index in [4.69, 9.17) is 15.2 Å². The number of benzene rings is 2. The molecule has 0 spiro atoms. The van der Waals surface area contributed by atoms with Crippen molar-refractivity contribution in [1.29, 1.82) is 0 Å². The zero-order valence-electron chi connectivity index (χ0n) is 20.9. The van der Waals surface area contributed by atoms with Gasteiger partial charge in [-0.3, -0.25) is 9.79 Å². The molecule has 3 aromatic rings. The lowest BCUT2D eigenvalue weighted by atomic mass is 9.78. The van der Waals surface area contributed by atoms with Crippen LogP contribution in [0.1, 0.15) is 40.2 Å². The molecule has 0 atom stereocenters. The van der Waals surface area contributed by atoms with Crippen LogP contribution in [0.15, 0.2) is 64.7 Å². The van der Waals surface area contributed by atoms with Crippen molar-refractivity contribution in [1.82, 2.24) is 4.98 Å². The number of aliphatic imine (C=N–C) groups is 1. The Balaban J connectivity index is 1.52. The maximum atomic E-state index is 12.9. The molecule has 1 aromatic heterocycles. The first kappa shape index (κ1) is 24.6. The summed E-state index contributed by atoms with van der Waals surface area (Å²) in [5, 5.41) is 7.34. The van der Waals surface area contributed by atoms with E-state index in [2.05, 4.69) is 20.4 Å². The van der Waals surface area contributed by atoms with Crippen LogP contribution in [0.3, 0.4) is 0 Å². The Morgan fingerprint density at radius 3 is 2.37 bits per heavy atom. The number of hydrogen-bond acceptors (Lipinski definition) is 7.